The third-order valence-electron chi connectivity index (χ3n) is 3.95. The molecule has 2 aromatic heterocycles. The minimum Gasteiger partial charge on any atom is -0.464 e. The Labute approximate surface area is 137 Å². The summed E-state index contributed by atoms with van der Waals surface area (Å²) in [6.07, 6.45) is 3.73. The summed E-state index contributed by atoms with van der Waals surface area (Å²) in [5, 5.41) is 7.48. The zero-order valence-electron chi connectivity index (χ0n) is 13.0. The van der Waals surface area contributed by atoms with E-state index in [0.29, 0.717) is 18.7 Å². The first-order valence-corrected chi connectivity index (χ1v) is 8.25. The number of aromatic amines is 1. The van der Waals surface area contributed by atoms with Gasteiger partial charge in [-0.3, -0.25) is 9.89 Å². The Morgan fingerprint density at radius 2 is 2.35 bits per heavy atom. The number of hydrogen-bond donors (Lipinski definition) is 1. The Morgan fingerprint density at radius 3 is 3.04 bits per heavy atom. The molecule has 7 nitrogen and oxygen atoms in total. The number of amides is 1. The largest absolute Gasteiger partial charge is 0.464 e. The Balaban J connectivity index is 1.79. The first-order valence-electron chi connectivity index (χ1n) is 7.43. The monoisotopic (exact) mass is 334 g/mol. The summed E-state index contributed by atoms with van der Waals surface area (Å²) in [6, 6.07) is 1.74. The molecular formula is C15H18N4O3S. The van der Waals surface area contributed by atoms with Crippen LogP contribution < -0.4 is 0 Å². The van der Waals surface area contributed by atoms with Gasteiger partial charge in [0, 0.05) is 23.3 Å². The third-order valence-corrected chi connectivity index (χ3v) is 5.02. The number of methoxy groups -OCH3 is 1. The molecule has 0 bridgehead atoms. The highest BCUT2D eigenvalue weighted by molar-refractivity contribution is 7.12. The number of aromatic nitrogens is 3. The van der Waals surface area contributed by atoms with Crippen LogP contribution in [0.5, 0.6) is 0 Å². The number of carbonyl (C=O) groups excluding carboxylic acids is 2. The fourth-order valence-corrected chi connectivity index (χ4v) is 3.87. The van der Waals surface area contributed by atoms with Crippen LogP contribution in [0.1, 0.15) is 45.0 Å². The minimum atomic E-state index is -0.432. The molecule has 0 aromatic carbocycles. The van der Waals surface area contributed by atoms with Crippen LogP contribution in [0.4, 0.5) is 0 Å². The zero-order chi connectivity index (χ0) is 16.4. The maximum absolute atomic E-state index is 12.5. The van der Waals surface area contributed by atoms with Gasteiger partial charge in [-0.25, -0.2) is 9.78 Å². The fourth-order valence-electron chi connectivity index (χ4n) is 2.82. The molecule has 1 fully saturated rings. The van der Waals surface area contributed by atoms with E-state index in [1.165, 1.54) is 18.4 Å². The summed E-state index contributed by atoms with van der Waals surface area (Å²) < 4.78 is 4.75. The van der Waals surface area contributed by atoms with Gasteiger partial charge < -0.3 is 9.64 Å². The topological polar surface area (TPSA) is 88.2 Å². The second-order valence-corrected chi connectivity index (χ2v) is 6.69. The van der Waals surface area contributed by atoms with E-state index in [9.17, 15) is 9.59 Å². The molecule has 3 rings (SSSR count). The van der Waals surface area contributed by atoms with Crippen LogP contribution in [0.15, 0.2) is 12.3 Å². The molecule has 2 aromatic rings. The van der Waals surface area contributed by atoms with Gasteiger partial charge in [0.05, 0.1) is 19.6 Å². The number of nitrogens with one attached hydrogen (secondary N) is 1. The SMILES string of the molecule is COC(=O)c1nc([C@@H]2CCCN2C(=O)Cc2ccn[nH]2)sc1C. The lowest BCUT2D eigenvalue weighted by Crippen LogP contribution is -2.32. The molecule has 1 saturated heterocycles. The number of hydrogen-bond acceptors (Lipinski definition) is 6. The highest BCUT2D eigenvalue weighted by Crippen LogP contribution is 2.35. The number of nitrogens with zero attached hydrogens (tertiary/aromatic N) is 3. The fraction of sp³-hybridized carbons (Fsp3) is 0.467. The van der Waals surface area contributed by atoms with Crippen molar-refractivity contribution in [2.24, 2.45) is 0 Å². The summed E-state index contributed by atoms with van der Waals surface area (Å²) in [7, 11) is 1.34. The molecular weight excluding hydrogens is 316 g/mol. The lowest BCUT2D eigenvalue weighted by Gasteiger charge is -2.22. The Hall–Kier alpha value is -2.22. The highest BCUT2D eigenvalue weighted by Gasteiger charge is 2.33. The van der Waals surface area contributed by atoms with E-state index in [0.717, 1.165) is 28.4 Å². The van der Waals surface area contributed by atoms with E-state index in [1.807, 2.05) is 11.8 Å². The van der Waals surface area contributed by atoms with Gasteiger partial charge in [-0.05, 0) is 25.8 Å². The van der Waals surface area contributed by atoms with Crippen molar-refractivity contribution in [3.8, 4) is 0 Å². The van der Waals surface area contributed by atoms with E-state index in [2.05, 4.69) is 15.2 Å². The Bertz CT molecular complexity index is 710. The Kier molecular flexibility index (Phi) is 4.42. The van der Waals surface area contributed by atoms with Crippen LogP contribution in [0.3, 0.4) is 0 Å². The lowest BCUT2D eigenvalue weighted by molar-refractivity contribution is -0.131. The highest BCUT2D eigenvalue weighted by atomic mass is 32.1. The zero-order valence-corrected chi connectivity index (χ0v) is 13.9. The van der Waals surface area contributed by atoms with Gasteiger partial charge in [0.25, 0.3) is 0 Å². The minimum absolute atomic E-state index is 0.0456. The summed E-state index contributed by atoms with van der Waals surface area (Å²) >= 11 is 1.46. The molecule has 122 valence electrons. The maximum atomic E-state index is 12.5. The van der Waals surface area contributed by atoms with Gasteiger partial charge in [-0.1, -0.05) is 0 Å². The van der Waals surface area contributed by atoms with E-state index in [4.69, 9.17) is 4.74 Å². The smallest absolute Gasteiger partial charge is 0.357 e. The van der Waals surface area contributed by atoms with Gasteiger partial charge in [-0.2, -0.15) is 5.10 Å². The van der Waals surface area contributed by atoms with Crippen LogP contribution in [-0.2, 0) is 16.0 Å². The molecule has 8 heteroatoms. The van der Waals surface area contributed by atoms with E-state index >= 15 is 0 Å². The van der Waals surface area contributed by atoms with Gasteiger partial charge in [0.1, 0.15) is 5.01 Å². The van der Waals surface area contributed by atoms with Crippen molar-refractivity contribution in [2.75, 3.05) is 13.7 Å². The summed E-state index contributed by atoms with van der Waals surface area (Å²) in [4.78, 5) is 31.4. The predicted molar refractivity (Wildman–Crippen MR) is 84.2 cm³/mol. The van der Waals surface area contributed by atoms with Crippen LogP contribution in [0.2, 0.25) is 0 Å². The van der Waals surface area contributed by atoms with Crippen molar-refractivity contribution in [1.29, 1.82) is 0 Å². The molecule has 1 aliphatic rings. The first kappa shape index (κ1) is 15.7. The molecule has 1 N–H and O–H groups in total. The number of thiazole rings is 1. The average molecular weight is 334 g/mol. The van der Waals surface area contributed by atoms with Crippen molar-refractivity contribution in [3.05, 3.63) is 33.5 Å². The molecule has 23 heavy (non-hydrogen) atoms. The molecule has 0 radical (unpaired) electrons. The van der Waals surface area contributed by atoms with Crippen LogP contribution in [0, 0.1) is 6.92 Å². The predicted octanol–water partition coefficient (Wildman–Crippen LogP) is 1.87. The quantitative estimate of drug-likeness (QED) is 0.862. The number of H-pyrrole nitrogens is 1. The van der Waals surface area contributed by atoms with E-state index in [1.54, 1.807) is 12.3 Å². The molecule has 1 atom stereocenters. The second-order valence-electron chi connectivity index (χ2n) is 5.45. The number of rotatable bonds is 4. The number of esters is 1. The standard InChI is InChI=1S/C15H18N4O3S/c1-9-13(15(21)22-2)17-14(23-9)11-4-3-7-19(11)12(20)8-10-5-6-16-18-10/h5-6,11H,3-4,7-8H2,1-2H3,(H,16,18)/t11-/m0/s1. The number of aryl methyl sites for hydroxylation is 1. The Morgan fingerprint density at radius 1 is 1.52 bits per heavy atom. The normalized spacial score (nSPS) is 17.5. The maximum Gasteiger partial charge on any atom is 0.357 e. The number of ether oxygens (including phenoxy) is 1. The lowest BCUT2D eigenvalue weighted by atomic mass is 10.2. The molecule has 0 spiro atoms. The summed E-state index contributed by atoms with van der Waals surface area (Å²) in [6.45, 7) is 2.56. The molecule has 1 amide bonds. The molecule has 0 aliphatic carbocycles. The first-order chi connectivity index (χ1) is 11.1. The van der Waals surface area contributed by atoms with Gasteiger partial charge in [0.2, 0.25) is 5.91 Å². The molecule has 3 heterocycles. The van der Waals surface area contributed by atoms with Crippen molar-refractivity contribution >= 4 is 23.2 Å². The molecule has 0 saturated carbocycles. The third kappa shape index (κ3) is 3.12. The van der Waals surface area contributed by atoms with E-state index < -0.39 is 5.97 Å². The van der Waals surface area contributed by atoms with Crippen LogP contribution in [0.25, 0.3) is 0 Å². The van der Waals surface area contributed by atoms with E-state index in [-0.39, 0.29) is 11.9 Å². The van der Waals surface area contributed by atoms with Crippen molar-refractivity contribution in [2.45, 2.75) is 32.2 Å². The second kappa shape index (κ2) is 6.49. The average Bonchev–Trinajstić information content (AvgIpc) is 3.25. The van der Waals surface area contributed by atoms with Crippen molar-refractivity contribution in [1.82, 2.24) is 20.1 Å². The van der Waals surface area contributed by atoms with Crippen molar-refractivity contribution < 1.29 is 14.3 Å². The van der Waals surface area contributed by atoms with Gasteiger partial charge in [0.15, 0.2) is 5.69 Å². The molecule has 0 unspecified atom stereocenters. The van der Waals surface area contributed by atoms with Gasteiger partial charge >= 0.3 is 5.97 Å². The van der Waals surface area contributed by atoms with Crippen molar-refractivity contribution in [3.63, 3.8) is 0 Å². The number of carbonyl (C=O) groups is 2. The summed E-state index contributed by atoms with van der Waals surface area (Å²) in [5.74, 6) is -0.387. The molecule has 1 aliphatic heterocycles. The number of likely N-dealkylation sites (tertiary alicyclic amines) is 1. The summed E-state index contributed by atoms with van der Waals surface area (Å²) in [5.41, 5.74) is 1.14. The van der Waals surface area contributed by atoms with Gasteiger partial charge in [-0.15, -0.1) is 11.3 Å². The van der Waals surface area contributed by atoms with Crippen LogP contribution in [-0.4, -0.2) is 45.6 Å². The van der Waals surface area contributed by atoms with Crippen LogP contribution >= 0.6 is 11.3 Å².